The van der Waals surface area contributed by atoms with Crippen LogP contribution < -0.4 is 0 Å². The van der Waals surface area contributed by atoms with Gasteiger partial charge in [-0.15, -0.1) is 0 Å². The fourth-order valence-corrected chi connectivity index (χ4v) is 7.65. The molecule has 0 unspecified atom stereocenters. The molecule has 1 heterocycles. The summed E-state index contributed by atoms with van der Waals surface area (Å²) >= 11 is 0. The van der Waals surface area contributed by atoms with Crippen molar-refractivity contribution in [1.29, 1.82) is 0 Å². The maximum Gasteiger partial charge on any atom is 0.315 e. The van der Waals surface area contributed by atoms with Crippen molar-refractivity contribution >= 4 is 11.9 Å². The van der Waals surface area contributed by atoms with Crippen molar-refractivity contribution in [2.75, 3.05) is 0 Å². The number of aliphatic carboxylic acids is 1. The number of carboxylic acids is 1. The van der Waals surface area contributed by atoms with Gasteiger partial charge in [0.2, 0.25) is 0 Å². The topological polar surface area (TPSA) is 104 Å². The lowest BCUT2D eigenvalue weighted by molar-refractivity contribution is -0.164. The first-order chi connectivity index (χ1) is 11.6. The summed E-state index contributed by atoms with van der Waals surface area (Å²) in [5.41, 5.74) is -2.93. The van der Waals surface area contributed by atoms with E-state index in [1.54, 1.807) is 6.92 Å². The molecule has 1 saturated heterocycles. The highest BCUT2D eigenvalue weighted by Gasteiger charge is 2.84. The van der Waals surface area contributed by atoms with E-state index in [-0.39, 0.29) is 5.92 Å². The fourth-order valence-electron chi connectivity index (χ4n) is 7.65. The van der Waals surface area contributed by atoms with E-state index in [9.17, 15) is 24.9 Å². The van der Waals surface area contributed by atoms with Crippen LogP contribution in [0.1, 0.15) is 45.4 Å². The number of hydrogen-bond acceptors (Lipinski definition) is 5. The van der Waals surface area contributed by atoms with Gasteiger partial charge >= 0.3 is 11.9 Å². The molecule has 0 radical (unpaired) electrons. The van der Waals surface area contributed by atoms with Crippen LogP contribution in [0.2, 0.25) is 0 Å². The standard InChI is InChI=1S/C19H24O6/c1-9-7-17-8-18(9,24)5-3-10(17)19-6-4-11(20)16(2,15(23)25-19)13(19)12(17)14(21)22/h10-13,20,24H,1,3-8H2,2H3,(H,21,22)/t10-,11+,12-,13-,16-,17-,18-,19-/m1/s1. The molecule has 5 aliphatic rings. The molecule has 0 aromatic carbocycles. The van der Waals surface area contributed by atoms with E-state index in [0.29, 0.717) is 44.1 Å². The molecule has 0 amide bonds. The van der Waals surface area contributed by atoms with Gasteiger partial charge in [0.25, 0.3) is 0 Å². The SMILES string of the molecule is C=C1C[C@@]23C[C@]1(O)CC[C@H]2[C@@]12CC[C@H](O)[C@@](C)(C(=O)O1)[C@H]2[C@@H]3C(=O)O. The maximum atomic E-state index is 12.7. The Morgan fingerprint density at radius 2 is 2.04 bits per heavy atom. The molecular formula is C19H24O6. The Labute approximate surface area is 145 Å². The van der Waals surface area contributed by atoms with Crippen LogP contribution >= 0.6 is 0 Å². The number of aliphatic hydroxyl groups excluding tert-OH is 1. The number of carbonyl (C=O) groups excluding carboxylic acids is 1. The van der Waals surface area contributed by atoms with Crippen LogP contribution in [0.5, 0.6) is 0 Å². The lowest BCUT2D eigenvalue weighted by Gasteiger charge is -2.45. The minimum absolute atomic E-state index is 0.0936. The summed E-state index contributed by atoms with van der Waals surface area (Å²) in [7, 11) is 0. The largest absolute Gasteiger partial charge is 0.481 e. The van der Waals surface area contributed by atoms with Crippen LogP contribution in [0.3, 0.4) is 0 Å². The van der Waals surface area contributed by atoms with Crippen molar-refractivity contribution in [2.24, 2.45) is 28.6 Å². The third-order valence-corrected chi connectivity index (χ3v) is 8.57. The van der Waals surface area contributed by atoms with Gasteiger partial charge in [0, 0.05) is 11.8 Å². The lowest BCUT2D eigenvalue weighted by Crippen LogP contribution is -2.53. The Hall–Kier alpha value is -1.40. The van der Waals surface area contributed by atoms with E-state index in [1.807, 2.05) is 0 Å². The van der Waals surface area contributed by atoms with Crippen molar-refractivity contribution in [2.45, 2.75) is 62.8 Å². The zero-order valence-electron chi connectivity index (χ0n) is 14.3. The zero-order valence-corrected chi connectivity index (χ0v) is 14.3. The molecule has 1 spiro atoms. The number of esters is 1. The molecule has 0 aromatic rings. The summed E-state index contributed by atoms with van der Waals surface area (Å²) in [6, 6.07) is 0. The average molecular weight is 348 g/mol. The monoisotopic (exact) mass is 348 g/mol. The maximum absolute atomic E-state index is 12.7. The second kappa shape index (κ2) is 4.12. The lowest BCUT2D eigenvalue weighted by atomic mass is 9.59. The van der Waals surface area contributed by atoms with Gasteiger partial charge in [0.1, 0.15) is 5.60 Å². The summed E-state index contributed by atoms with van der Waals surface area (Å²) in [5, 5.41) is 31.7. The Kier molecular flexibility index (Phi) is 2.61. The van der Waals surface area contributed by atoms with Crippen LogP contribution in [-0.4, -0.2) is 44.6 Å². The zero-order chi connectivity index (χ0) is 18.0. The number of carbonyl (C=O) groups is 2. The molecule has 8 atom stereocenters. The molecule has 4 aliphatic carbocycles. The number of hydrogen-bond donors (Lipinski definition) is 3. The van der Waals surface area contributed by atoms with Crippen molar-refractivity contribution in [1.82, 2.24) is 0 Å². The molecule has 5 fully saturated rings. The van der Waals surface area contributed by atoms with E-state index < -0.39 is 51.9 Å². The molecule has 1 aliphatic heterocycles. The normalized spacial score (nSPS) is 58.7. The van der Waals surface area contributed by atoms with Gasteiger partial charge in [-0.1, -0.05) is 6.58 Å². The van der Waals surface area contributed by atoms with E-state index in [1.165, 1.54) is 0 Å². The molecular weight excluding hydrogens is 324 g/mol. The van der Waals surface area contributed by atoms with Crippen molar-refractivity contribution in [3.05, 3.63) is 12.2 Å². The molecule has 4 bridgehead atoms. The Balaban J connectivity index is 1.76. The Morgan fingerprint density at radius 1 is 1.32 bits per heavy atom. The van der Waals surface area contributed by atoms with Gasteiger partial charge in [0.15, 0.2) is 0 Å². The summed E-state index contributed by atoms with van der Waals surface area (Å²) in [6.45, 7) is 5.71. The number of ether oxygens (including phenoxy) is 1. The third kappa shape index (κ3) is 1.41. The van der Waals surface area contributed by atoms with E-state index in [0.717, 1.165) is 0 Å². The molecule has 6 nitrogen and oxygen atoms in total. The predicted molar refractivity (Wildman–Crippen MR) is 85.3 cm³/mol. The van der Waals surface area contributed by atoms with Gasteiger partial charge in [-0.2, -0.15) is 0 Å². The highest BCUT2D eigenvalue weighted by Crippen LogP contribution is 2.78. The molecule has 136 valence electrons. The smallest absolute Gasteiger partial charge is 0.315 e. The minimum atomic E-state index is -1.19. The molecule has 4 saturated carbocycles. The molecule has 25 heavy (non-hydrogen) atoms. The van der Waals surface area contributed by atoms with Crippen LogP contribution in [-0.2, 0) is 14.3 Å². The first-order valence-electron chi connectivity index (χ1n) is 9.17. The van der Waals surface area contributed by atoms with Gasteiger partial charge in [0.05, 0.1) is 23.0 Å². The summed E-state index contributed by atoms with van der Waals surface area (Å²) < 4.78 is 5.96. The summed E-state index contributed by atoms with van der Waals surface area (Å²) in [6.07, 6.45) is 2.08. The highest BCUT2D eigenvalue weighted by atomic mass is 16.6. The van der Waals surface area contributed by atoms with Gasteiger partial charge in [-0.05, 0) is 56.4 Å². The highest BCUT2D eigenvalue weighted by molar-refractivity contribution is 5.85. The van der Waals surface area contributed by atoms with Crippen molar-refractivity contribution in [3.8, 4) is 0 Å². The number of fused-ring (bicyclic) bond motifs is 1. The molecule has 3 N–H and O–H groups in total. The molecule has 0 aromatic heterocycles. The summed E-state index contributed by atoms with van der Waals surface area (Å²) in [4.78, 5) is 25.1. The minimum Gasteiger partial charge on any atom is -0.481 e. The average Bonchev–Trinajstić information content (AvgIpc) is 2.95. The molecule has 5 rings (SSSR count). The number of carboxylic acid groups (broad SMARTS) is 1. The van der Waals surface area contributed by atoms with E-state index >= 15 is 0 Å². The fraction of sp³-hybridized carbons (Fsp3) is 0.789. The first-order valence-corrected chi connectivity index (χ1v) is 9.17. The van der Waals surface area contributed by atoms with Gasteiger partial charge in [-0.25, -0.2) is 0 Å². The number of aliphatic hydroxyl groups is 2. The Morgan fingerprint density at radius 3 is 2.72 bits per heavy atom. The third-order valence-electron chi connectivity index (χ3n) is 8.57. The second-order valence-corrected chi connectivity index (χ2v) is 9.29. The van der Waals surface area contributed by atoms with Crippen LogP contribution in [0.25, 0.3) is 0 Å². The quantitative estimate of drug-likeness (QED) is 0.487. The predicted octanol–water partition coefficient (Wildman–Crippen LogP) is 1.25. The van der Waals surface area contributed by atoms with Crippen LogP contribution in [0, 0.1) is 28.6 Å². The molecule has 6 heteroatoms. The van der Waals surface area contributed by atoms with Crippen molar-refractivity contribution < 1.29 is 29.6 Å². The van der Waals surface area contributed by atoms with Crippen LogP contribution in [0.15, 0.2) is 12.2 Å². The van der Waals surface area contributed by atoms with E-state index in [2.05, 4.69) is 6.58 Å². The van der Waals surface area contributed by atoms with E-state index in [4.69, 9.17) is 4.74 Å². The first kappa shape index (κ1) is 15.8. The Bertz CT molecular complexity index is 731. The van der Waals surface area contributed by atoms with Crippen molar-refractivity contribution in [3.63, 3.8) is 0 Å². The second-order valence-electron chi connectivity index (χ2n) is 9.29. The summed E-state index contributed by atoms with van der Waals surface area (Å²) in [5.74, 6) is -2.86. The number of rotatable bonds is 1. The van der Waals surface area contributed by atoms with Crippen LogP contribution in [0.4, 0.5) is 0 Å². The van der Waals surface area contributed by atoms with Gasteiger partial charge < -0.3 is 20.1 Å². The van der Waals surface area contributed by atoms with Gasteiger partial charge in [-0.3, -0.25) is 9.59 Å².